The molecule has 2 unspecified atom stereocenters. The van der Waals surface area contributed by atoms with Crippen LogP contribution in [0.15, 0.2) is 30.3 Å². The average Bonchev–Trinajstić information content (AvgIpc) is 2.71. The van der Waals surface area contributed by atoms with E-state index in [4.69, 9.17) is 5.73 Å². The minimum absolute atomic E-state index is 0. The number of nitrogens with zero attached hydrogens (tertiary/aromatic N) is 1. The van der Waals surface area contributed by atoms with Crippen molar-refractivity contribution in [3.63, 3.8) is 0 Å². The van der Waals surface area contributed by atoms with Crippen molar-refractivity contribution >= 4 is 18.3 Å². The van der Waals surface area contributed by atoms with Gasteiger partial charge in [-0.3, -0.25) is 4.79 Å². The maximum absolute atomic E-state index is 12.0. The number of benzene rings is 1. The first-order chi connectivity index (χ1) is 8.59. The summed E-state index contributed by atoms with van der Waals surface area (Å²) in [7, 11) is 0. The van der Waals surface area contributed by atoms with Crippen LogP contribution in [0.3, 0.4) is 0 Å². The molecule has 0 saturated carbocycles. The molecule has 2 N–H and O–H groups in total. The van der Waals surface area contributed by atoms with Crippen molar-refractivity contribution in [2.24, 2.45) is 11.7 Å². The highest BCUT2D eigenvalue weighted by molar-refractivity contribution is 5.85. The summed E-state index contributed by atoms with van der Waals surface area (Å²) in [5, 5.41) is 0. The molecule has 0 bridgehead atoms. The van der Waals surface area contributed by atoms with E-state index in [1.807, 2.05) is 11.0 Å². The van der Waals surface area contributed by atoms with Crippen LogP contribution >= 0.6 is 12.4 Å². The van der Waals surface area contributed by atoms with Gasteiger partial charge in [-0.2, -0.15) is 0 Å². The summed E-state index contributed by atoms with van der Waals surface area (Å²) in [4.78, 5) is 13.9. The van der Waals surface area contributed by atoms with E-state index >= 15 is 0 Å². The molecule has 2 rings (SSSR count). The molecule has 19 heavy (non-hydrogen) atoms. The highest BCUT2D eigenvalue weighted by Gasteiger charge is 2.34. The Morgan fingerprint density at radius 2 is 2.05 bits per heavy atom. The first-order valence-corrected chi connectivity index (χ1v) is 6.69. The summed E-state index contributed by atoms with van der Waals surface area (Å²) in [5.74, 6) is 0.633. The lowest BCUT2D eigenvalue weighted by atomic mass is 9.93. The Kier molecular flexibility index (Phi) is 5.83. The number of carbonyl (C=O) groups is 1. The summed E-state index contributed by atoms with van der Waals surface area (Å²) >= 11 is 0. The van der Waals surface area contributed by atoms with Crippen LogP contribution in [0.25, 0.3) is 0 Å². The molecule has 3 nitrogen and oxygen atoms in total. The third kappa shape index (κ3) is 3.71. The van der Waals surface area contributed by atoms with E-state index in [2.05, 4.69) is 31.2 Å². The van der Waals surface area contributed by atoms with E-state index in [0.717, 1.165) is 19.4 Å². The molecule has 4 heteroatoms. The fourth-order valence-electron chi connectivity index (χ4n) is 2.77. The quantitative estimate of drug-likeness (QED) is 0.924. The van der Waals surface area contributed by atoms with Gasteiger partial charge in [0.1, 0.15) is 0 Å². The van der Waals surface area contributed by atoms with Gasteiger partial charge in [-0.25, -0.2) is 0 Å². The van der Waals surface area contributed by atoms with Crippen molar-refractivity contribution in [1.82, 2.24) is 4.90 Å². The third-order valence-corrected chi connectivity index (χ3v) is 3.93. The van der Waals surface area contributed by atoms with Crippen LogP contribution in [-0.2, 0) is 11.2 Å². The average molecular weight is 283 g/mol. The Morgan fingerprint density at radius 1 is 1.42 bits per heavy atom. The Morgan fingerprint density at radius 3 is 2.63 bits per heavy atom. The molecule has 0 radical (unpaired) electrons. The summed E-state index contributed by atoms with van der Waals surface area (Å²) in [6, 6.07) is 10.4. The van der Waals surface area contributed by atoms with E-state index in [0.29, 0.717) is 12.0 Å². The van der Waals surface area contributed by atoms with Crippen molar-refractivity contribution in [3.8, 4) is 0 Å². The second kappa shape index (κ2) is 6.92. The van der Waals surface area contributed by atoms with Crippen molar-refractivity contribution in [2.45, 2.75) is 38.8 Å². The normalized spacial score (nSPS) is 23.8. The Hall–Kier alpha value is -1.06. The largest absolute Gasteiger partial charge is 0.338 e. The van der Waals surface area contributed by atoms with Crippen LogP contribution < -0.4 is 5.73 Å². The SMILES string of the molecule is CC1C(Cc2ccccc2)CCN1C(=O)[C@H](C)N.Cl. The number of halogens is 1. The van der Waals surface area contributed by atoms with Crippen LogP contribution in [0.1, 0.15) is 25.8 Å². The van der Waals surface area contributed by atoms with Gasteiger partial charge in [0.05, 0.1) is 6.04 Å². The van der Waals surface area contributed by atoms with Crippen LogP contribution in [0.5, 0.6) is 0 Å². The zero-order valence-electron chi connectivity index (χ0n) is 11.6. The summed E-state index contributed by atoms with van der Waals surface area (Å²) < 4.78 is 0. The lowest BCUT2D eigenvalue weighted by Gasteiger charge is -2.26. The van der Waals surface area contributed by atoms with E-state index in [1.54, 1.807) is 6.92 Å². The molecule has 0 aromatic heterocycles. The number of nitrogens with two attached hydrogens (primary N) is 1. The standard InChI is InChI=1S/C15H22N2O.ClH/c1-11(16)15(18)17-9-8-14(12(17)2)10-13-6-4-3-5-7-13;/h3-7,11-12,14H,8-10,16H2,1-2H3;1H/t11-,12?,14?;/m0./s1. The van der Waals surface area contributed by atoms with Gasteiger partial charge >= 0.3 is 0 Å². The molecule has 3 atom stereocenters. The summed E-state index contributed by atoms with van der Waals surface area (Å²) in [5.41, 5.74) is 7.04. The zero-order chi connectivity index (χ0) is 13.1. The topological polar surface area (TPSA) is 46.3 Å². The maximum atomic E-state index is 12.0. The number of rotatable bonds is 3. The van der Waals surface area contributed by atoms with Crippen molar-refractivity contribution in [3.05, 3.63) is 35.9 Å². The van der Waals surface area contributed by atoms with Gasteiger partial charge in [0.15, 0.2) is 0 Å². The van der Waals surface area contributed by atoms with Gasteiger partial charge in [-0.15, -0.1) is 12.4 Å². The molecule has 106 valence electrons. The first kappa shape index (κ1) is 16.0. The predicted molar refractivity (Wildman–Crippen MR) is 80.3 cm³/mol. The zero-order valence-corrected chi connectivity index (χ0v) is 12.4. The molecular weight excluding hydrogens is 260 g/mol. The Bertz CT molecular complexity index is 408. The molecule has 1 aromatic carbocycles. The smallest absolute Gasteiger partial charge is 0.239 e. The van der Waals surface area contributed by atoms with Gasteiger partial charge in [0.25, 0.3) is 0 Å². The predicted octanol–water partition coefficient (Wildman–Crippen LogP) is 2.24. The molecule has 1 heterocycles. The Balaban J connectivity index is 0.00000180. The number of hydrogen-bond donors (Lipinski definition) is 1. The third-order valence-electron chi connectivity index (χ3n) is 3.93. The first-order valence-electron chi connectivity index (χ1n) is 6.69. The van der Waals surface area contributed by atoms with Crippen molar-refractivity contribution in [2.75, 3.05) is 6.54 Å². The number of amides is 1. The molecule has 0 aliphatic carbocycles. The van der Waals surface area contributed by atoms with Gasteiger partial charge in [-0.05, 0) is 38.2 Å². The number of likely N-dealkylation sites (tertiary alicyclic amines) is 1. The van der Waals surface area contributed by atoms with Gasteiger partial charge < -0.3 is 10.6 Å². The van der Waals surface area contributed by atoms with E-state index in [-0.39, 0.29) is 24.4 Å². The monoisotopic (exact) mass is 282 g/mol. The number of carbonyl (C=O) groups excluding carboxylic acids is 1. The van der Waals surface area contributed by atoms with Crippen LogP contribution in [-0.4, -0.2) is 29.4 Å². The highest BCUT2D eigenvalue weighted by atomic mass is 35.5. The van der Waals surface area contributed by atoms with E-state index < -0.39 is 0 Å². The molecule has 1 saturated heterocycles. The molecule has 1 aliphatic rings. The fourth-order valence-corrected chi connectivity index (χ4v) is 2.77. The lowest BCUT2D eigenvalue weighted by molar-refractivity contribution is -0.133. The molecule has 1 amide bonds. The van der Waals surface area contributed by atoms with Crippen LogP contribution in [0, 0.1) is 5.92 Å². The molecule has 0 spiro atoms. The lowest BCUT2D eigenvalue weighted by Crippen LogP contribution is -2.44. The summed E-state index contributed by atoms with van der Waals surface area (Å²) in [6.07, 6.45) is 2.12. The van der Waals surface area contributed by atoms with Gasteiger partial charge in [-0.1, -0.05) is 30.3 Å². The molecule has 1 fully saturated rings. The van der Waals surface area contributed by atoms with Crippen molar-refractivity contribution in [1.29, 1.82) is 0 Å². The van der Waals surface area contributed by atoms with Gasteiger partial charge in [0.2, 0.25) is 5.91 Å². The molecule has 1 aromatic rings. The van der Waals surface area contributed by atoms with E-state index in [9.17, 15) is 4.79 Å². The molecule has 1 aliphatic heterocycles. The summed E-state index contributed by atoms with van der Waals surface area (Å²) in [6.45, 7) is 4.75. The van der Waals surface area contributed by atoms with Crippen LogP contribution in [0.4, 0.5) is 0 Å². The second-order valence-corrected chi connectivity index (χ2v) is 5.30. The fraction of sp³-hybridized carbons (Fsp3) is 0.533. The number of hydrogen-bond acceptors (Lipinski definition) is 2. The molecular formula is C15H23ClN2O. The van der Waals surface area contributed by atoms with Crippen LogP contribution in [0.2, 0.25) is 0 Å². The Labute approximate surface area is 121 Å². The minimum Gasteiger partial charge on any atom is -0.338 e. The second-order valence-electron chi connectivity index (χ2n) is 5.30. The van der Waals surface area contributed by atoms with Crippen molar-refractivity contribution < 1.29 is 4.79 Å². The minimum atomic E-state index is -0.386. The maximum Gasteiger partial charge on any atom is 0.239 e. The highest BCUT2D eigenvalue weighted by Crippen LogP contribution is 2.27. The van der Waals surface area contributed by atoms with E-state index in [1.165, 1.54) is 5.56 Å². The van der Waals surface area contributed by atoms with Gasteiger partial charge in [0, 0.05) is 12.6 Å².